The van der Waals surface area contributed by atoms with Crippen LogP contribution in [-0.2, 0) is 4.79 Å². The largest absolute Gasteiger partial charge is 0.393 e. The molecule has 0 heterocycles. The summed E-state index contributed by atoms with van der Waals surface area (Å²) in [7, 11) is 1.44. The molecule has 2 rings (SSSR count). The summed E-state index contributed by atoms with van der Waals surface area (Å²) in [6.07, 6.45) is 2.43. The van der Waals surface area contributed by atoms with E-state index < -0.39 is 17.9 Å². The Morgan fingerprint density at radius 1 is 1.35 bits per heavy atom. The maximum atomic E-state index is 12.5. The Labute approximate surface area is 145 Å². The molecule has 23 heavy (non-hydrogen) atoms. The Morgan fingerprint density at radius 2 is 2.09 bits per heavy atom. The number of hydrogen-bond acceptors (Lipinski definition) is 3. The molecule has 0 saturated heterocycles. The number of halogens is 2. The normalized spacial score (nSPS) is 21.7. The van der Waals surface area contributed by atoms with Gasteiger partial charge in [-0.15, -0.1) is 0 Å². The number of benzene rings is 1. The van der Waals surface area contributed by atoms with Gasteiger partial charge in [0.15, 0.2) is 0 Å². The van der Waals surface area contributed by atoms with Crippen LogP contribution in [0.25, 0.3) is 0 Å². The number of aliphatic hydroxyl groups excluding tert-OH is 1. The molecule has 0 aromatic heterocycles. The summed E-state index contributed by atoms with van der Waals surface area (Å²) in [4.78, 5) is 24.0. The highest BCUT2D eigenvalue weighted by molar-refractivity contribution is 6.42. The van der Waals surface area contributed by atoms with Crippen LogP contribution in [0.1, 0.15) is 37.2 Å². The summed E-state index contributed by atoms with van der Waals surface area (Å²) >= 11 is 12.3. The molecular formula is C16H20Cl2N2O3. The minimum Gasteiger partial charge on any atom is -0.393 e. The van der Waals surface area contributed by atoms with E-state index in [1.54, 1.807) is 18.2 Å². The van der Waals surface area contributed by atoms with Gasteiger partial charge in [0.05, 0.1) is 22.1 Å². The fourth-order valence-corrected chi connectivity index (χ4v) is 3.46. The van der Waals surface area contributed by atoms with Crippen LogP contribution in [0.2, 0.25) is 10.0 Å². The summed E-state index contributed by atoms with van der Waals surface area (Å²) in [5.41, 5.74) is 0.599. The van der Waals surface area contributed by atoms with E-state index in [2.05, 4.69) is 10.6 Å². The van der Waals surface area contributed by atoms with Crippen molar-refractivity contribution < 1.29 is 14.7 Å². The zero-order chi connectivity index (χ0) is 17.0. The van der Waals surface area contributed by atoms with Gasteiger partial charge in [0, 0.05) is 7.05 Å². The highest BCUT2D eigenvalue weighted by atomic mass is 35.5. The summed E-state index contributed by atoms with van der Waals surface area (Å²) in [6, 6.07) is 4.56. The summed E-state index contributed by atoms with van der Waals surface area (Å²) < 4.78 is 0. The Hall–Kier alpha value is -1.30. The van der Waals surface area contributed by atoms with Crippen LogP contribution in [0.5, 0.6) is 0 Å². The van der Waals surface area contributed by atoms with E-state index in [0.717, 1.165) is 12.8 Å². The fourth-order valence-electron chi connectivity index (χ4n) is 3.02. The van der Waals surface area contributed by atoms with Crippen LogP contribution in [0.15, 0.2) is 18.2 Å². The van der Waals surface area contributed by atoms with Gasteiger partial charge < -0.3 is 10.4 Å². The van der Waals surface area contributed by atoms with E-state index in [0.29, 0.717) is 28.5 Å². The van der Waals surface area contributed by atoms with Gasteiger partial charge in [0.25, 0.3) is 0 Å². The monoisotopic (exact) mass is 358 g/mol. The number of hydrogen-bond donors (Lipinski definition) is 3. The molecule has 1 fully saturated rings. The molecule has 0 bridgehead atoms. The number of imide groups is 1. The standard InChI is InChI=1S/C16H20Cl2N2O3/c1-19-16(23)20-15(22)12(8-9-5-6-10(21)7-9)11-3-2-4-13(17)14(11)18/h2-4,9-10,12,21H,5-8H2,1H3,(H2,19,20,22,23). The van der Waals surface area contributed by atoms with E-state index in [1.165, 1.54) is 7.05 Å². The van der Waals surface area contributed by atoms with Crippen LogP contribution in [0.4, 0.5) is 4.79 Å². The van der Waals surface area contributed by atoms with Gasteiger partial charge in [-0.2, -0.15) is 0 Å². The molecule has 0 spiro atoms. The molecule has 3 amide bonds. The van der Waals surface area contributed by atoms with E-state index in [1.807, 2.05) is 0 Å². The first-order valence-electron chi connectivity index (χ1n) is 7.57. The van der Waals surface area contributed by atoms with Crippen LogP contribution < -0.4 is 10.6 Å². The number of amides is 3. The lowest BCUT2D eigenvalue weighted by Gasteiger charge is -2.21. The van der Waals surface area contributed by atoms with Crippen molar-refractivity contribution in [1.29, 1.82) is 0 Å². The number of urea groups is 1. The van der Waals surface area contributed by atoms with Crippen molar-refractivity contribution in [3.05, 3.63) is 33.8 Å². The second-order valence-corrected chi connectivity index (χ2v) is 6.62. The van der Waals surface area contributed by atoms with E-state index in [9.17, 15) is 14.7 Å². The fraction of sp³-hybridized carbons (Fsp3) is 0.500. The minimum absolute atomic E-state index is 0.209. The van der Waals surface area contributed by atoms with E-state index >= 15 is 0 Å². The Morgan fingerprint density at radius 3 is 2.70 bits per heavy atom. The molecule has 3 unspecified atom stereocenters. The smallest absolute Gasteiger partial charge is 0.321 e. The lowest BCUT2D eigenvalue weighted by Crippen LogP contribution is -2.40. The van der Waals surface area contributed by atoms with Crippen LogP contribution in [0, 0.1) is 5.92 Å². The molecule has 1 saturated carbocycles. The average Bonchev–Trinajstić information content (AvgIpc) is 2.93. The first-order valence-corrected chi connectivity index (χ1v) is 8.32. The van der Waals surface area contributed by atoms with Crippen molar-refractivity contribution in [2.45, 2.75) is 37.7 Å². The van der Waals surface area contributed by atoms with E-state index in [4.69, 9.17) is 23.2 Å². The van der Waals surface area contributed by atoms with Crippen molar-refractivity contribution >= 4 is 35.1 Å². The Balaban J connectivity index is 2.25. The predicted molar refractivity (Wildman–Crippen MR) is 89.8 cm³/mol. The molecule has 126 valence electrons. The van der Waals surface area contributed by atoms with Gasteiger partial charge in [0.1, 0.15) is 0 Å². The van der Waals surface area contributed by atoms with Gasteiger partial charge in [-0.25, -0.2) is 4.79 Å². The molecule has 7 heteroatoms. The van der Waals surface area contributed by atoms with Crippen LogP contribution in [0.3, 0.4) is 0 Å². The maximum Gasteiger partial charge on any atom is 0.321 e. The number of aliphatic hydroxyl groups is 1. The predicted octanol–water partition coefficient (Wildman–Crippen LogP) is 3.08. The molecular weight excluding hydrogens is 339 g/mol. The number of carbonyl (C=O) groups excluding carboxylic acids is 2. The van der Waals surface area contributed by atoms with Crippen LogP contribution in [-0.4, -0.2) is 30.2 Å². The first kappa shape index (κ1) is 18.0. The molecule has 3 atom stereocenters. The molecule has 0 aliphatic heterocycles. The van der Waals surface area contributed by atoms with Gasteiger partial charge in [0.2, 0.25) is 5.91 Å². The van der Waals surface area contributed by atoms with Crippen molar-refractivity contribution in [3.8, 4) is 0 Å². The van der Waals surface area contributed by atoms with Gasteiger partial charge in [-0.3, -0.25) is 10.1 Å². The Bertz CT molecular complexity index is 595. The molecule has 1 aliphatic rings. The molecule has 3 N–H and O–H groups in total. The summed E-state index contributed by atoms with van der Waals surface area (Å²) in [5, 5.41) is 15.1. The highest BCUT2D eigenvalue weighted by Gasteiger charge is 2.31. The number of nitrogens with one attached hydrogen (secondary N) is 2. The third-order valence-electron chi connectivity index (χ3n) is 4.22. The first-order chi connectivity index (χ1) is 10.9. The summed E-state index contributed by atoms with van der Waals surface area (Å²) in [6.45, 7) is 0. The maximum absolute atomic E-state index is 12.5. The topological polar surface area (TPSA) is 78.4 Å². The summed E-state index contributed by atoms with van der Waals surface area (Å²) in [5.74, 6) is -0.802. The van der Waals surface area contributed by atoms with Crippen molar-refractivity contribution in [1.82, 2.24) is 10.6 Å². The lowest BCUT2D eigenvalue weighted by molar-refractivity contribution is -0.121. The minimum atomic E-state index is -0.589. The van der Waals surface area contributed by atoms with Crippen molar-refractivity contribution in [2.75, 3.05) is 7.05 Å². The molecule has 1 aliphatic carbocycles. The Kier molecular flexibility index (Phi) is 6.27. The van der Waals surface area contributed by atoms with Crippen molar-refractivity contribution in [3.63, 3.8) is 0 Å². The van der Waals surface area contributed by atoms with Crippen LogP contribution >= 0.6 is 23.2 Å². The highest BCUT2D eigenvalue weighted by Crippen LogP contribution is 2.38. The zero-order valence-electron chi connectivity index (χ0n) is 12.8. The molecule has 5 nitrogen and oxygen atoms in total. The van der Waals surface area contributed by atoms with Crippen molar-refractivity contribution in [2.24, 2.45) is 5.92 Å². The number of rotatable bonds is 4. The average molecular weight is 359 g/mol. The quantitative estimate of drug-likeness (QED) is 0.773. The molecule has 1 aromatic carbocycles. The van der Waals surface area contributed by atoms with Gasteiger partial charge in [-0.05, 0) is 43.2 Å². The van der Waals surface area contributed by atoms with E-state index in [-0.39, 0.29) is 12.0 Å². The second-order valence-electron chi connectivity index (χ2n) is 5.83. The molecule has 0 radical (unpaired) electrons. The SMILES string of the molecule is CNC(=O)NC(=O)C(CC1CCC(O)C1)c1cccc(Cl)c1Cl. The van der Waals surface area contributed by atoms with Gasteiger partial charge in [-0.1, -0.05) is 35.3 Å². The number of carbonyl (C=O) groups is 2. The molecule has 1 aromatic rings. The third-order valence-corrected chi connectivity index (χ3v) is 5.05. The lowest BCUT2D eigenvalue weighted by atomic mass is 9.87. The van der Waals surface area contributed by atoms with Gasteiger partial charge >= 0.3 is 6.03 Å². The third kappa shape index (κ3) is 4.59. The zero-order valence-corrected chi connectivity index (χ0v) is 14.3. The second kappa shape index (κ2) is 7.99.